The van der Waals surface area contributed by atoms with Crippen molar-refractivity contribution in [3.63, 3.8) is 0 Å². The Balaban J connectivity index is 1.64. The largest absolute Gasteiger partial charge is 0.370 e. The number of carbonyl (C=O) groups is 1. The molecule has 0 bridgehead atoms. The van der Waals surface area contributed by atoms with E-state index < -0.39 is 0 Å². The summed E-state index contributed by atoms with van der Waals surface area (Å²) in [5, 5.41) is 3.28. The molecule has 2 heterocycles. The highest BCUT2D eigenvalue weighted by molar-refractivity contribution is 5.79. The summed E-state index contributed by atoms with van der Waals surface area (Å²) < 4.78 is 18.7. The van der Waals surface area contributed by atoms with E-state index >= 15 is 0 Å². The van der Waals surface area contributed by atoms with Crippen molar-refractivity contribution in [2.24, 2.45) is 5.92 Å². The molecule has 0 radical (unpaired) electrons. The van der Waals surface area contributed by atoms with Crippen LogP contribution in [0.15, 0.2) is 24.3 Å². The fraction of sp³-hybridized carbons (Fsp3) is 0.562. The van der Waals surface area contributed by atoms with Gasteiger partial charge in [0.2, 0.25) is 5.91 Å². The van der Waals surface area contributed by atoms with Gasteiger partial charge in [-0.1, -0.05) is 12.1 Å². The van der Waals surface area contributed by atoms with Crippen molar-refractivity contribution in [3.05, 3.63) is 35.6 Å². The van der Waals surface area contributed by atoms with E-state index in [1.807, 2.05) is 4.90 Å². The topological polar surface area (TPSA) is 41.6 Å². The van der Waals surface area contributed by atoms with E-state index in [2.05, 4.69) is 5.32 Å². The number of ether oxygens (including phenoxy) is 1. The smallest absolute Gasteiger partial charge is 0.227 e. The number of carbonyl (C=O) groups excluding carboxylic acids is 1. The maximum atomic E-state index is 13.0. The minimum absolute atomic E-state index is 0.0886. The summed E-state index contributed by atoms with van der Waals surface area (Å²) in [4.78, 5) is 14.5. The van der Waals surface area contributed by atoms with Crippen LogP contribution in [-0.2, 0) is 9.53 Å². The van der Waals surface area contributed by atoms with Crippen LogP contribution < -0.4 is 5.32 Å². The fourth-order valence-electron chi connectivity index (χ4n) is 3.05. The van der Waals surface area contributed by atoms with Crippen LogP contribution in [0.4, 0.5) is 4.39 Å². The van der Waals surface area contributed by atoms with Crippen LogP contribution in [-0.4, -0.2) is 43.6 Å². The quantitative estimate of drug-likeness (QED) is 0.902. The van der Waals surface area contributed by atoms with Gasteiger partial charge in [0.05, 0.1) is 19.1 Å². The number of halogens is 1. The van der Waals surface area contributed by atoms with Crippen molar-refractivity contribution in [3.8, 4) is 0 Å². The van der Waals surface area contributed by atoms with Gasteiger partial charge >= 0.3 is 0 Å². The van der Waals surface area contributed by atoms with Crippen molar-refractivity contribution < 1.29 is 13.9 Å². The van der Waals surface area contributed by atoms with Crippen LogP contribution in [0.3, 0.4) is 0 Å². The van der Waals surface area contributed by atoms with Gasteiger partial charge in [0.15, 0.2) is 0 Å². The molecule has 1 N–H and O–H groups in total. The Hall–Kier alpha value is -1.46. The van der Waals surface area contributed by atoms with Crippen molar-refractivity contribution in [2.45, 2.75) is 18.9 Å². The third-order valence-corrected chi connectivity index (χ3v) is 4.27. The van der Waals surface area contributed by atoms with Gasteiger partial charge in [0, 0.05) is 13.1 Å². The van der Waals surface area contributed by atoms with Crippen LogP contribution in [0, 0.1) is 11.7 Å². The van der Waals surface area contributed by atoms with Gasteiger partial charge in [-0.25, -0.2) is 4.39 Å². The number of hydrogen-bond donors (Lipinski definition) is 1. The predicted octanol–water partition coefficient (Wildman–Crippen LogP) is 1.73. The average molecular weight is 292 g/mol. The van der Waals surface area contributed by atoms with E-state index in [-0.39, 0.29) is 23.7 Å². The average Bonchev–Trinajstić information content (AvgIpc) is 2.56. The molecule has 1 amide bonds. The number of piperidine rings is 1. The van der Waals surface area contributed by atoms with Crippen LogP contribution >= 0.6 is 0 Å². The fourth-order valence-corrected chi connectivity index (χ4v) is 3.05. The second kappa shape index (κ2) is 6.54. The normalized spacial score (nSPS) is 26.6. The summed E-state index contributed by atoms with van der Waals surface area (Å²) in [6, 6.07) is 6.33. The SMILES string of the molecule is O=C(C1CCCNC1)N1CCOC(c2ccc(F)cc2)C1. The molecule has 0 aromatic heterocycles. The molecule has 1 aromatic carbocycles. The molecule has 5 heteroatoms. The highest BCUT2D eigenvalue weighted by Gasteiger charge is 2.30. The van der Waals surface area contributed by atoms with Crippen molar-refractivity contribution >= 4 is 5.91 Å². The van der Waals surface area contributed by atoms with E-state index in [0.29, 0.717) is 19.7 Å². The monoisotopic (exact) mass is 292 g/mol. The van der Waals surface area contributed by atoms with Crippen molar-refractivity contribution in [1.29, 1.82) is 0 Å². The first-order chi connectivity index (χ1) is 10.2. The molecule has 114 valence electrons. The van der Waals surface area contributed by atoms with Crippen LogP contribution in [0.25, 0.3) is 0 Å². The van der Waals surface area contributed by atoms with Gasteiger partial charge in [-0.3, -0.25) is 4.79 Å². The zero-order valence-electron chi connectivity index (χ0n) is 12.1. The predicted molar refractivity (Wildman–Crippen MR) is 77.3 cm³/mol. The Morgan fingerprint density at radius 3 is 2.86 bits per heavy atom. The molecule has 2 aliphatic rings. The van der Waals surface area contributed by atoms with Gasteiger partial charge in [-0.2, -0.15) is 0 Å². The third kappa shape index (κ3) is 3.41. The Bertz CT molecular complexity index is 486. The Morgan fingerprint density at radius 1 is 1.33 bits per heavy atom. The molecular weight excluding hydrogens is 271 g/mol. The molecule has 4 nitrogen and oxygen atoms in total. The molecule has 2 saturated heterocycles. The van der Waals surface area contributed by atoms with Crippen molar-refractivity contribution in [2.75, 3.05) is 32.8 Å². The van der Waals surface area contributed by atoms with E-state index in [1.54, 1.807) is 12.1 Å². The lowest BCUT2D eigenvalue weighted by atomic mass is 9.97. The van der Waals surface area contributed by atoms with Gasteiger partial charge in [-0.05, 0) is 37.1 Å². The first kappa shape index (κ1) is 14.5. The molecule has 3 rings (SSSR count). The summed E-state index contributed by atoms with van der Waals surface area (Å²) in [6.07, 6.45) is 1.87. The number of nitrogens with one attached hydrogen (secondary N) is 1. The number of nitrogens with zero attached hydrogens (tertiary/aromatic N) is 1. The van der Waals surface area contributed by atoms with E-state index in [9.17, 15) is 9.18 Å². The number of hydrogen-bond acceptors (Lipinski definition) is 3. The summed E-state index contributed by atoms with van der Waals surface area (Å²) in [5.41, 5.74) is 0.927. The summed E-state index contributed by atoms with van der Waals surface area (Å²) in [5.74, 6) is 0.0547. The maximum Gasteiger partial charge on any atom is 0.227 e. The second-order valence-corrected chi connectivity index (χ2v) is 5.74. The Morgan fingerprint density at radius 2 is 2.14 bits per heavy atom. The van der Waals surface area contributed by atoms with Crippen LogP contribution in [0.2, 0.25) is 0 Å². The van der Waals surface area contributed by atoms with Gasteiger partial charge in [0.1, 0.15) is 11.9 Å². The number of amides is 1. The summed E-state index contributed by atoms with van der Waals surface area (Å²) in [6.45, 7) is 3.52. The zero-order valence-corrected chi connectivity index (χ0v) is 12.1. The molecule has 0 aliphatic carbocycles. The number of benzene rings is 1. The third-order valence-electron chi connectivity index (χ3n) is 4.27. The first-order valence-corrected chi connectivity index (χ1v) is 7.60. The Kier molecular flexibility index (Phi) is 4.51. The molecule has 2 aliphatic heterocycles. The molecule has 1 aromatic rings. The standard InChI is InChI=1S/C16H21FN2O2/c17-14-5-3-12(4-6-14)15-11-19(8-9-21-15)16(20)13-2-1-7-18-10-13/h3-6,13,15,18H,1-2,7-11H2. The molecule has 0 spiro atoms. The number of morpholine rings is 1. The van der Waals surface area contributed by atoms with E-state index in [0.717, 1.165) is 31.5 Å². The van der Waals surface area contributed by atoms with Gasteiger partial charge in [0.25, 0.3) is 0 Å². The molecule has 2 unspecified atom stereocenters. The number of rotatable bonds is 2. The lowest BCUT2D eigenvalue weighted by Gasteiger charge is -2.36. The lowest BCUT2D eigenvalue weighted by Crippen LogP contribution is -2.48. The maximum absolute atomic E-state index is 13.0. The van der Waals surface area contributed by atoms with Crippen LogP contribution in [0.5, 0.6) is 0 Å². The van der Waals surface area contributed by atoms with E-state index in [4.69, 9.17) is 4.74 Å². The molecule has 2 fully saturated rings. The second-order valence-electron chi connectivity index (χ2n) is 5.74. The zero-order chi connectivity index (χ0) is 14.7. The van der Waals surface area contributed by atoms with Gasteiger partial charge in [-0.15, -0.1) is 0 Å². The van der Waals surface area contributed by atoms with Gasteiger partial charge < -0.3 is 15.0 Å². The van der Waals surface area contributed by atoms with Crippen molar-refractivity contribution in [1.82, 2.24) is 10.2 Å². The highest BCUT2D eigenvalue weighted by atomic mass is 19.1. The molecular formula is C16H21FN2O2. The summed E-state index contributed by atoms with van der Waals surface area (Å²) >= 11 is 0. The summed E-state index contributed by atoms with van der Waals surface area (Å²) in [7, 11) is 0. The highest BCUT2D eigenvalue weighted by Crippen LogP contribution is 2.24. The molecule has 0 saturated carbocycles. The lowest BCUT2D eigenvalue weighted by molar-refractivity contribution is -0.143. The Labute approximate surface area is 124 Å². The molecule has 2 atom stereocenters. The minimum Gasteiger partial charge on any atom is -0.370 e. The van der Waals surface area contributed by atoms with E-state index in [1.165, 1.54) is 12.1 Å². The van der Waals surface area contributed by atoms with Crippen LogP contribution in [0.1, 0.15) is 24.5 Å². The minimum atomic E-state index is -0.254. The molecule has 21 heavy (non-hydrogen) atoms. The first-order valence-electron chi connectivity index (χ1n) is 7.60.